The molecule has 13 heavy (non-hydrogen) atoms. The third kappa shape index (κ3) is 9.26. The molecule has 0 saturated heterocycles. The minimum Gasteiger partial charge on any atom is -0.382 e. The Bertz CT molecular complexity index is 126. The first-order valence-corrected chi connectivity index (χ1v) is 4.22. The number of unbranched alkanes of at least 4 members (excludes halogenated alkanes) is 1. The summed E-state index contributed by atoms with van der Waals surface area (Å²) in [6.45, 7) is 1.75. The molecule has 0 saturated carbocycles. The summed E-state index contributed by atoms with van der Waals surface area (Å²) in [5, 5.41) is 7.91. The van der Waals surface area contributed by atoms with Crippen molar-refractivity contribution >= 4 is 5.97 Å². The van der Waals surface area contributed by atoms with Crippen LogP contribution in [-0.2, 0) is 19.2 Å². The van der Waals surface area contributed by atoms with Crippen LogP contribution in [0.2, 0.25) is 0 Å². The first-order chi connectivity index (χ1) is 6.31. The van der Waals surface area contributed by atoms with E-state index >= 15 is 0 Å². The highest BCUT2D eigenvalue weighted by atomic mass is 17.1. The van der Waals surface area contributed by atoms with Crippen LogP contribution in [0, 0.1) is 0 Å². The van der Waals surface area contributed by atoms with Crippen LogP contribution in [0.3, 0.4) is 0 Å². The zero-order valence-corrected chi connectivity index (χ0v) is 7.82. The van der Waals surface area contributed by atoms with Crippen LogP contribution in [0.5, 0.6) is 0 Å². The van der Waals surface area contributed by atoms with Crippen LogP contribution in [0.4, 0.5) is 0 Å². The van der Waals surface area contributed by atoms with Gasteiger partial charge in [0, 0.05) is 20.1 Å². The Hall–Kier alpha value is -0.650. The van der Waals surface area contributed by atoms with E-state index in [0.717, 1.165) is 6.42 Å². The Morgan fingerprint density at radius 3 is 2.62 bits per heavy atom. The van der Waals surface area contributed by atoms with Gasteiger partial charge in [-0.25, -0.2) is 4.79 Å². The molecule has 0 bridgehead atoms. The molecule has 0 aliphatic heterocycles. The SMILES string of the molecule is COCCOCCCCC(=O)OO. The summed E-state index contributed by atoms with van der Waals surface area (Å²) in [5.74, 6) is -0.600. The van der Waals surface area contributed by atoms with Crippen LogP contribution in [0.15, 0.2) is 0 Å². The Morgan fingerprint density at radius 1 is 1.23 bits per heavy atom. The van der Waals surface area contributed by atoms with Gasteiger partial charge in [-0.1, -0.05) is 0 Å². The third-order valence-corrected chi connectivity index (χ3v) is 1.45. The first-order valence-electron chi connectivity index (χ1n) is 4.22. The van der Waals surface area contributed by atoms with Crippen molar-refractivity contribution in [1.82, 2.24) is 0 Å². The summed E-state index contributed by atoms with van der Waals surface area (Å²) in [6.07, 6.45) is 1.66. The molecule has 0 aromatic carbocycles. The molecule has 0 rings (SSSR count). The molecule has 0 atom stereocenters. The molecule has 5 nitrogen and oxygen atoms in total. The Kier molecular flexibility index (Phi) is 8.97. The maximum Gasteiger partial charge on any atom is 0.342 e. The molecule has 0 radical (unpaired) electrons. The second kappa shape index (κ2) is 9.44. The van der Waals surface area contributed by atoms with E-state index in [1.807, 2.05) is 0 Å². The van der Waals surface area contributed by atoms with Crippen molar-refractivity contribution in [2.45, 2.75) is 19.3 Å². The van der Waals surface area contributed by atoms with E-state index in [0.29, 0.717) is 26.2 Å². The molecule has 0 fully saturated rings. The summed E-state index contributed by atoms with van der Waals surface area (Å²) in [7, 11) is 1.61. The zero-order valence-electron chi connectivity index (χ0n) is 7.82. The van der Waals surface area contributed by atoms with Gasteiger partial charge < -0.3 is 14.4 Å². The number of ether oxygens (including phenoxy) is 2. The number of methoxy groups -OCH3 is 1. The summed E-state index contributed by atoms with van der Waals surface area (Å²) in [5.41, 5.74) is 0. The van der Waals surface area contributed by atoms with Gasteiger partial charge in [-0.05, 0) is 12.8 Å². The molecule has 5 heteroatoms. The lowest BCUT2D eigenvalue weighted by atomic mass is 10.2. The smallest absolute Gasteiger partial charge is 0.342 e. The van der Waals surface area contributed by atoms with Crippen molar-refractivity contribution in [2.24, 2.45) is 0 Å². The molecule has 0 heterocycles. The van der Waals surface area contributed by atoms with Gasteiger partial charge in [0.2, 0.25) is 0 Å². The van der Waals surface area contributed by atoms with Gasteiger partial charge in [-0.2, -0.15) is 5.26 Å². The summed E-state index contributed by atoms with van der Waals surface area (Å²) in [6, 6.07) is 0. The maximum absolute atomic E-state index is 10.4. The fraction of sp³-hybridized carbons (Fsp3) is 0.875. The average Bonchev–Trinajstić information content (AvgIpc) is 2.16. The van der Waals surface area contributed by atoms with Crippen LogP contribution in [0.25, 0.3) is 0 Å². The molecule has 0 amide bonds. The van der Waals surface area contributed by atoms with Crippen molar-refractivity contribution in [2.75, 3.05) is 26.9 Å². The van der Waals surface area contributed by atoms with Crippen molar-refractivity contribution in [3.05, 3.63) is 0 Å². The molecule has 0 aromatic heterocycles. The van der Waals surface area contributed by atoms with Crippen molar-refractivity contribution in [3.63, 3.8) is 0 Å². The minimum absolute atomic E-state index is 0.226. The van der Waals surface area contributed by atoms with Crippen molar-refractivity contribution < 1.29 is 24.4 Å². The third-order valence-electron chi connectivity index (χ3n) is 1.45. The van der Waals surface area contributed by atoms with Gasteiger partial charge in [-0.15, -0.1) is 0 Å². The summed E-state index contributed by atoms with van der Waals surface area (Å²) >= 11 is 0. The minimum atomic E-state index is -0.600. The van der Waals surface area contributed by atoms with Crippen LogP contribution >= 0.6 is 0 Å². The predicted octanol–water partition coefficient (Wildman–Crippen LogP) is 0.836. The normalized spacial score (nSPS) is 10.0. The Morgan fingerprint density at radius 2 is 2.00 bits per heavy atom. The van der Waals surface area contributed by atoms with Gasteiger partial charge in [0.15, 0.2) is 0 Å². The standard InChI is InChI=1S/C8H16O5/c1-11-6-7-12-5-3-2-4-8(9)13-10/h10H,2-7H2,1H3. The van der Waals surface area contributed by atoms with Gasteiger partial charge in [0.05, 0.1) is 13.2 Å². The monoisotopic (exact) mass is 192 g/mol. The van der Waals surface area contributed by atoms with E-state index in [9.17, 15) is 4.79 Å². The summed E-state index contributed by atoms with van der Waals surface area (Å²) in [4.78, 5) is 13.9. The second-order valence-corrected chi connectivity index (χ2v) is 2.53. The highest BCUT2D eigenvalue weighted by Gasteiger charge is 2.00. The number of rotatable bonds is 8. The number of carbonyl (C=O) groups is 1. The van der Waals surface area contributed by atoms with Crippen molar-refractivity contribution in [1.29, 1.82) is 0 Å². The Labute approximate surface area is 77.5 Å². The number of hydrogen-bond acceptors (Lipinski definition) is 5. The fourth-order valence-corrected chi connectivity index (χ4v) is 0.763. The van der Waals surface area contributed by atoms with Gasteiger partial charge >= 0.3 is 5.97 Å². The van der Waals surface area contributed by atoms with E-state index in [4.69, 9.17) is 14.7 Å². The molecule has 0 unspecified atom stereocenters. The lowest BCUT2D eigenvalue weighted by molar-refractivity contribution is -0.234. The van der Waals surface area contributed by atoms with E-state index in [2.05, 4.69) is 4.89 Å². The molecule has 1 N–H and O–H groups in total. The topological polar surface area (TPSA) is 65.0 Å². The predicted molar refractivity (Wildman–Crippen MR) is 45.3 cm³/mol. The average molecular weight is 192 g/mol. The Balaban J connectivity index is 2.95. The van der Waals surface area contributed by atoms with E-state index in [-0.39, 0.29) is 6.42 Å². The quantitative estimate of drug-likeness (QED) is 0.350. The highest BCUT2D eigenvalue weighted by Crippen LogP contribution is 1.97. The fourth-order valence-electron chi connectivity index (χ4n) is 0.763. The van der Waals surface area contributed by atoms with Gasteiger partial charge in [-0.3, -0.25) is 0 Å². The lowest BCUT2D eigenvalue weighted by Gasteiger charge is -2.02. The molecule has 0 spiro atoms. The van der Waals surface area contributed by atoms with E-state index in [1.165, 1.54) is 0 Å². The molecular formula is C8H16O5. The molecule has 0 aliphatic carbocycles. The molecular weight excluding hydrogens is 176 g/mol. The van der Waals surface area contributed by atoms with E-state index < -0.39 is 5.97 Å². The van der Waals surface area contributed by atoms with Gasteiger partial charge in [0.25, 0.3) is 0 Å². The maximum atomic E-state index is 10.4. The molecule has 0 aliphatic rings. The van der Waals surface area contributed by atoms with Crippen LogP contribution in [0.1, 0.15) is 19.3 Å². The largest absolute Gasteiger partial charge is 0.382 e. The molecule has 0 aromatic rings. The highest BCUT2D eigenvalue weighted by molar-refractivity contribution is 5.68. The van der Waals surface area contributed by atoms with E-state index in [1.54, 1.807) is 7.11 Å². The van der Waals surface area contributed by atoms with Crippen LogP contribution in [-0.4, -0.2) is 38.2 Å². The first kappa shape index (κ1) is 12.3. The molecule has 78 valence electrons. The van der Waals surface area contributed by atoms with Crippen molar-refractivity contribution in [3.8, 4) is 0 Å². The summed E-state index contributed by atoms with van der Waals surface area (Å²) < 4.78 is 9.92. The lowest BCUT2D eigenvalue weighted by Crippen LogP contribution is -2.04. The van der Waals surface area contributed by atoms with Gasteiger partial charge in [0.1, 0.15) is 0 Å². The number of hydrogen-bond donors (Lipinski definition) is 1. The zero-order chi connectivity index (χ0) is 9.94. The second-order valence-electron chi connectivity index (χ2n) is 2.53. The number of carbonyl (C=O) groups excluding carboxylic acids is 1. The van der Waals surface area contributed by atoms with Crippen LogP contribution < -0.4 is 0 Å².